The van der Waals surface area contributed by atoms with Gasteiger partial charge < -0.3 is 5.32 Å². The van der Waals surface area contributed by atoms with Gasteiger partial charge in [0.15, 0.2) is 0 Å². The monoisotopic (exact) mass is 219 g/mol. The van der Waals surface area contributed by atoms with E-state index in [1.165, 1.54) is 6.07 Å². The molecule has 1 aromatic carbocycles. The van der Waals surface area contributed by atoms with Gasteiger partial charge in [-0.15, -0.1) is 0 Å². The molecule has 0 saturated heterocycles. The van der Waals surface area contributed by atoms with Crippen molar-refractivity contribution in [3.63, 3.8) is 0 Å². The fraction of sp³-hybridized carbons (Fsp3) is 0.429. The summed E-state index contributed by atoms with van der Waals surface area (Å²) in [6.07, 6.45) is 7.41. The quantitative estimate of drug-likeness (QED) is 0.763. The second-order valence-corrected chi connectivity index (χ2v) is 4.29. The zero-order valence-electron chi connectivity index (χ0n) is 9.62. The Labute approximate surface area is 96.4 Å². The first kappa shape index (κ1) is 11.3. The van der Waals surface area contributed by atoms with E-state index in [0.29, 0.717) is 6.04 Å². The van der Waals surface area contributed by atoms with Crippen molar-refractivity contribution in [3.05, 3.63) is 47.8 Å². The van der Waals surface area contributed by atoms with E-state index in [9.17, 15) is 4.39 Å². The zero-order valence-corrected chi connectivity index (χ0v) is 9.62. The minimum absolute atomic E-state index is 0.104. The van der Waals surface area contributed by atoms with Crippen molar-refractivity contribution >= 4 is 0 Å². The molecule has 0 aliphatic heterocycles. The van der Waals surface area contributed by atoms with E-state index in [1.54, 1.807) is 6.07 Å². The van der Waals surface area contributed by atoms with Crippen molar-refractivity contribution in [3.8, 4) is 0 Å². The van der Waals surface area contributed by atoms with Crippen LogP contribution in [0.25, 0.3) is 0 Å². The first-order valence-electron chi connectivity index (χ1n) is 5.96. The molecule has 0 radical (unpaired) electrons. The maximum Gasteiger partial charge on any atom is 0.127 e. The molecule has 2 heteroatoms. The summed E-state index contributed by atoms with van der Waals surface area (Å²) in [5.74, 6) is -0.104. The van der Waals surface area contributed by atoms with Crippen LogP contribution in [0.15, 0.2) is 36.4 Å². The van der Waals surface area contributed by atoms with Crippen LogP contribution < -0.4 is 5.32 Å². The molecule has 1 aliphatic rings. The topological polar surface area (TPSA) is 12.0 Å². The summed E-state index contributed by atoms with van der Waals surface area (Å²) >= 11 is 0. The Balaban J connectivity index is 2.07. The second kappa shape index (κ2) is 5.26. The Bertz CT molecular complexity index is 365. The maximum atomic E-state index is 13.6. The highest BCUT2D eigenvalue weighted by Gasteiger charge is 2.18. The van der Waals surface area contributed by atoms with Crippen molar-refractivity contribution in [2.24, 2.45) is 0 Å². The summed E-state index contributed by atoms with van der Waals surface area (Å²) in [7, 11) is 0. The molecular weight excluding hydrogens is 201 g/mol. The molecular formula is C14H18FN. The van der Waals surface area contributed by atoms with Crippen molar-refractivity contribution < 1.29 is 4.39 Å². The summed E-state index contributed by atoms with van der Waals surface area (Å²) in [5, 5.41) is 3.52. The van der Waals surface area contributed by atoms with Gasteiger partial charge in [-0.05, 0) is 25.3 Å². The number of nitrogens with one attached hydrogen (secondary N) is 1. The molecule has 0 spiro atoms. The largest absolute Gasteiger partial charge is 0.306 e. The fourth-order valence-corrected chi connectivity index (χ4v) is 2.22. The first-order chi connectivity index (χ1) is 7.81. The van der Waals surface area contributed by atoms with Crippen LogP contribution in [-0.4, -0.2) is 6.04 Å². The Morgan fingerprint density at radius 2 is 2.00 bits per heavy atom. The predicted molar refractivity (Wildman–Crippen MR) is 64.7 cm³/mol. The lowest BCUT2D eigenvalue weighted by atomic mass is 10.0. The van der Waals surface area contributed by atoms with Gasteiger partial charge >= 0.3 is 0 Å². The highest BCUT2D eigenvalue weighted by Crippen LogP contribution is 2.22. The number of hydrogen-bond acceptors (Lipinski definition) is 1. The lowest BCUT2D eigenvalue weighted by molar-refractivity contribution is 0.424. The fourth-order valence-electron chi connectivity index (χ4n) is 2.22. The summed E-state index contributed by atoms with van der Waals surface area (Å²) < 4.78 is 13.6. The molecule has 0 amide bonds. The van der Waals surface area contributed by atoms with Gasteiger partial charge in [0.25, 0.3) is 0 Å². The molecule has 86 valence electrons. The van der Waals surface area contributed by atoms with Gasteiger partial charge in [-0.3, -0.25) is 0 Å². The minimum Gasteiger partial charge on any atom is -0.306 e. The molecule has 1 aliphatic carbocycles. The first-order valence-corrected chi connectivity index (χ1v) is 5.96. The van der Waals surface area contributed by atoms with Crippen molar-refractivity contribution in [2.45, 2.75) is 38.3 Å². The van der Waals surface area contributed by atoms with E-state index in [4.69, 9.17) is 0 Å². The third-order valence-corrected chi connectivity index (χ3v) is 3.13. The number of halogens is 1. The number of hydrogen-bond donors (Lipinski definition) is 1. The molecule has 1 unspecified atom stereocenters. The lowest BCUT2D eigenvalue weighted by Gasteiger charge is -2.22. The van der Waals surface area contributed by atoms with Crippen LogP contribution in [0.2, 0.25) is 0 Å². The van der Waals surface area contributed by atoms with Gasteiger partial charge in [0, 0.05) is 17.6 Å². The Kier molecular flexibility index (Phi) is 3.73. The van der Waals surface area contributed by atoms with Gasteiger partial charge in [-0.1, -0.05) is 37.3 Å². The Morgan fingerprint density at radius 3 is 2.62 bits per heavy atom. The van der Waals surface area contributed by atoms with Gasteiger partial charge in [-0.25, -0.2) is 4.39 Å². The zero-order chi connectivity index (χ0) is 11.4. The van der Waals surface area contributed by atoms with E-state index in [-0.39, 0.29) is 11.9 Å². The number of rotatable bonds is 4. The van der Waals surface area contributed by atoms with Crippen LogP contribution in [0.4, 0.5) is 4.39 Å². The average Bonchev–Trinajstić information content (AvgIpc) is 2.80. The van der Waals surface area contributed by atoms with Gasteiger partial charge in [0.2, 0.25) is 0 Å². The molecule has 2 rings (SSSR count). The number of benzene rings is 1. The van der Waals surface area contributed by atoms with Crippen LogP contribution >= 0.6 is 0 Å². The lowest BCUT2D eigenvalue weighted by Crippen LogP contribution is -2.31. The average molecular weight is 219 g/mol. The van der Waals surface area contributed by atoms with Crippen LogP contribution in [0, 0.1) is 5.82 Å². The summed E-state index contributed by atoms with van der Waals surface area (Å²) in [5.41, 5.74) is 0.789. The van der Waals surface area contributed by atoms with Crippen molar-refractivity contribution in [2.75, 3.05) is 0 Å². The Morgan fingerprint density at radius 1 is 1.31 bits per heavy atom. The van der Waals surface area contributed by atoms with Gasteiger partial charge in [-0.2, -0.15) is 0 Å². The highest BCUT2D eigenvalue weighted by atomic mass is 19.1. The van der Waals surface area contributed by atoms with Crippen LogP contribution in [0.3, 0.4) is 0 Å². The SMILES string of the molecule is CCC(NC1CC=CC1)c1ccccc1F. The third-order valence-electron chi connectivity index (χ3n) is 3.13. The second-order valence-electron chi connectivity index (χ2n) is 4.29. The van der Waals surface area contributed by atoms with Crippen LogP contribution in [0.5, 0.6) is 0 Å². The normalized spacial score (nSPS) is 17.9. The minimum atomic E-state index is -0.104. The standard InChI is InChI=1S/C14H18FN/c1-2-14(16-11-7-3-4-8-11)12-9-5-6-10-13(12)15/h3-6,9-11,14,16H,2,7-8H2,1H3. The van der Waals surface area contributed by atoms with E-state index >= 15 is 0 Å². The van der Waals surface area contributed by atoms with E-state index < -0.39 is 0 Å². The molecule has 1 N–H and O–H groups in total. The smallest absolute Gasteiger partial charge is 0.127 e. The third kappa shape index (κ3) is 2.50. The predicted octanol–water partition coefficient (Wildman–Crippen LogP) is 3.59. The van der Waals surface area contributed by atoms with E-state index in [0.717, 1.165) is 24.8 Å². The summed E-state index contributed by atoms with van der Waals surface area (Å²) in [6.45, 7) is 2.09. The van der Waals surface area contributed by atoms with Gasteiger partial charge in [0.05, 0.1) is 0 Å². The van der Waals surface area contributed by atoms with Gasteiger partial charge in [0.1, 0.15) is 5.82 Å². The van der Waals surface area contributed by atoms with Crippen molar-refractivity contribution in [1.82, 2.24) is 5.32 Å². The molecule has 0 saturated carbocycles. The maximum absolute atomic E-state index is 13.6. The molecule has 0 bridgehead atoms. The van der Waals surface area contributed by atoms with Crippen LogP contribution in [-0.2, 0) is 0 Å². The van der Waals surface area contributed by atoms with E-state index in [2.05, 4.69) is 24.4 Å². The highest BCUT2D eigenvalue weighted by molar-refractivity contribution is 5.21. The summed E-state index contributed by atoms with van der Waals surface area (Å²) in [4.78, 5) is 0. The molecule has 0 aromatic heterocycles. The van der Waals surface area contributed by atoms with Crippen molar-refractivity contribution in [1.29, 1.82) is 0 Å². The Hall–Kier alpha value is -1.15. The van der Waals surface area contributed by atoms with E-state index in [1.807, 2.05) is 12.1 Å². The summed E-state index contributed by atoms with van der Waals surface area (Å²) in [6, 6.07) is 7.65. The van der Waals surface area contributed by atoms with Crippen LogP contribution in [0.1, 0.15) is 37.8 Å². The molecule has 1 nitrogen and oxygen atoms in total. The molecule has 16 heavy (non-hydrogen) atoms. The molecule has 0 heterocycles. The molecule has 1 atom stereocenters. The molecule has 0 fully saturated rings. The molecule has 1 aromatic rings.